The Labute approximate surface area is 157 Å². The van der Waals surface area contributed by atoms with Crippen molar-refractivity contribution >= 4 is 5.91 Å². The maximum atomic E-state index is 12.5. The lowest BCUT2D eigenvalue weighted by Crippen LogP contribution is -2.23. The number of nitrogens with zero attached hydrogens (tertiary/aromatic N) is 4. The minimum atomic E-state index is -0.116. The topological polar surface area (TPSA) is 64.7 Å². The van der Waals surface area contributed by atoms with Crippen LogP contribution in [0.1, 0.15) is 15.9 Å². The number of pyridine rings is 1. The molecule has 0 aliphatic heterocycles. The number of hydrogen-bond donors (Lipinski definition) is 1. The van der Waals surface area contributed by atoms with E-state index in [0.717, 1.165) is 22.5 Å². The highest BCUT2D eigenvalue weighted by Gasteiger charge is 2.11. The monoisotopic (exact) mass is 357 g/mol. The fraction of sp³-hybridized carbons (Fsp3) is 0.0952. The van der Waals surface area contributed by atoms with Crippen LogP contribution in [-0.2, 0) is 13.6 Å². The Hall–Kier alpha value is -3.67. The van der Waals surface area contributed by atoms with E-state index in [-0.39, 0.29) is 5.91 Å². The Balaban J connectivity index is 1.47. The summed E-state index contributed by atoms with van der Waals surface area (Å²) >= 11 is 0. The van der Waals surface area contributed by atoms with Crippen LogP contribution in [0.4, 0.5) is 0 Å². The summed E-state index contributed by atoms with van der Waals surface area (Å²) < 4.78 is 3.73. The van der Waals surface area contributed by atoms with Gasteiger partial charge >= 0.3 is 0 Å². The van der Waals surface area contributed by atoms with Gasteiger partial charge in [0.15, 0.2) is 0 Å². The van der Waals surface area contributed by atoms with Crippen molar-refractivity contribution < 1.29 is 4.79 Å². The summed E-state index contributed by atoms with van der Waals surface area (Å²) in [6.07, 6.45) is 9.36. The molecule has 0 saturated heterocycles. The van der Waals surface area contributed by atoms with Crippen LogP contribution >= 0.6 is 0 Å². The number of benzene rings is 1. The first-order valence-corrected chi connectivity index (χ1v) is 8.65. The minimum absolute atomic E-state index is 0.116. The van der Waals surface area contributed by atoms with Gasteiger partial charge in [0, 0.05) is 55.2 Å². The number of aryl methyl sites for hydroxylation is 1. The number of hydrogen-bond acceptors (Lipinski definition) is 3. The zero-order chi connectivity index (χ0) is 18.6. The first kappa shape index (κ1) is 16.8. The van der Waals surface area contributed by atoms with Crippen molar-refractivity contribution in [3.8, 4) is 16.9 Å². The van der Waals surface area contributed by atoms with E-state index < -0.39 is 0 Å². The molecule has 0 bridgehead atoms. The van der Waals surface area contributed by atoms with Crippen molar-refractivity contribution in [3.05, 3.63) is 90.6 Å². The van der Waals surface area contributed by atoms with Gasteiger partial charge in [-0.05, 0) is 48.0 Å². The fourth-order valence-electron chi connectivity index (χ4n) is 2.95. The third kappa shape index (κ3) is 3.64. The van der Waals surface area contributed by atoms with E-state index in [4.69, 9.17) is 0 Å². The van der Waals surface area contributed by atoms with Gasteiger partial charge in [0.2, 0.25) is 0 Å². The van der Waals surface area contributed by atoms with Crippen molar-refractivity contribution in [2.45, 2.75) is 6.54 Å². The van der Waals surface area contributed by atoms with Gasteiger partial charge in [-0.15, -0.1) is 0 Å². The van der Waals surface area contributed by atoms with Gasteiger partial charge in [-0.2, -0.15) is 5.10 Å². The average molecular weight is 357 g/mol. The van der Waals surface area contributed by atoms with Gasteiger partial charge in [0.25, 0.3) is 5.91 Å². The van der Waals surface area contributed by atoms with Crippen molar-refractivity contribution in [2.75, 3.05) is 0 Å². The molecule has 4 aromatic rings. The Morgan fingerprint density at radius 3 is 2.56 bits per heavy atom. The van der Waals surface area contributed by atoms with E-state index in [1.807, 2.05) is 78.7 Å². The fourth-order valence-corrected chi connectivity index (χ4v) is 2.95. The lowest BCUT2D eigenvalue weighted by Gasteiger charge is -2.09. The summed E-state index contributed by atoms with van der Waals surface area (Å²) in [5.74, 6) is -0.116. The molecular formula is C21H19N5O. The quantitative estimate of drug-likeness (QED) is 0.596. The van der Waals surface area contributed by atoms with Crippen LogP contribution in [0.15, 0.2) is 79.5 Å². The summed E-state index contributed by atoms with van der Waals surface area (Å²) in [5.41, 5.74) is 4.34. The lowest BCUT2D eigenvalue weighted by atomic mass is 10.1. The maximum Gasteiger partial charge on any atom is 0.251 e. The van der Waals surface area contributed by atoms with Crippen LogP contribution in [0.2, 0.25) is 0 Å². The van der Waals surface area contributed by atoms with E-state index in [1.54, 1.807) is 17.1 Å². The number of carbonyl (C=O) groups is 1. The van der Waals surface area contributed by atoms with Crippen LogP contribution in [0.5, 0.6) is 0 Å². The molecule has 0 unspecified atom stereocenters. The smallest absolute Gasteiger partial charge is 0.251 e. The Kier molecular flexibility index (Phi) is 4.53. The summed E-state index contributed by atoms with van der Waals surface area (Å²) in [6, 6.07) is 15.3. The Morgan fingerprint density at radius 1 is 1.07 bits per heavy atom. The van der Waals surface area contributed by atoms with E-state index in [0.29, 0.717) is 12.1 Å². The molecule has 6 nitrogen and oxygen atoms in total. The minimum Gasteiger partial charge on any atom is -0.348 e. The zero-order valence-corrected chi connectivity index (χ0v) is 14.9. The molecule has 0 fully saturated rings. The molecule has 1 amide bonds. The Morgan fingerprint density at radius 2 is 1.85 bits per heavy atom. The predicted molar refractivity (Wildman–Crippen MR) is 103 cm³/mol. The molecule has 6 heteroatoms. The molecule has 0 aliphatic carbocycles. The molecule has 4 rings (SSSR count). The van der Waals surface area contributed by atoms with Crippen molar-refractivity contribution in [1.29, 1.82) is 0 Å². The van der Waals surface area contributed by atoms with Crippen LogP contribution in [0.25, 0.3) is 16.9 Å². The van der Waals surface area contributed by atoms with Gasteiger partial charge in [-0.3, -0.25) is 14.5 Å². The maximum absolute atomic E-state index is 12.5. The van der Waals surface area contributed by atoms with Crippen molar-refractivity contribution in [2.24, 2.45) is 7.05 Å². The molecule has 0 saturated carbocycles. The second-order valence-electron chi connectivity index (χ2n) is 6.23. The molecule has 0 atom stereocenters. The van der Waals surface area contributed by atoms with Gasteiger partial charge in [-0.25, -0.2) is 0 Å². The number of amides is 1. The largest absolute Gasteiger partial charge is 0.348 e. The molecule has 0 radical (unpaired) electrons. The van der Waals surface area contributed by atoms with Crippen molar-refractivity contribution in [1.82, 2.24) is 24.6 Å². The summed E-state index contributed by atoms with van der Waals surface area (Å²) in [7, 11) is 1.87. The van der Waals surface area contributed by atoms with E-state index in [2.05, 4.69) is 15.4 Å². The first-order chi connectivity index (χ1) is 13.2. The van der Waals surface area contributed by atoms with Gasteiger partial charge in [-0.1, -0.05) is 6.07 Å². The van der Waals surface area contributed by atoms with E-state index >= 15 is 0 Å². The number of rotatable bonds is 5. The molecular weight excluding hydrogens is 338 g/mol. The Bertz CT molecular complexity index is 1050. The van der Waals surface area contributed by atoms with Crippen LogP contribution in [-0.4, -0.2) is 25.2 Å². The number of aromatic nitrogens is 4. The molecule has 0 aliphatic rings. The zero-order valence-electron chi connectivity index (χ0n) is 14.9. The number of nitrogens with one attached hydrogen (secondary N) is 1. The summed E-state index contributed by atoms with van der Waals surface area (Å²) in [4.78, 5) is 17.0. The predicted octanol–water partition coefficient (Wildman–Crippen LogP) is 3.20. The number of carbonyl (C=O) groups excluding carboxylic acids is 1. The highest BCUT2D eigenvalue weighted by atomic mass is 16.1. The molecule has 3 aromatic heterocycles. The summed E-state index contributed by atoms with van der Waals surface area (Å²) in [5, 5.41) is 7.17. The standard InChI is InChI=1S/C21H19N5O/c1-25-15-18(14-24-25)20-17(5-4-10-22-20)13-23-21(27)16-6-8-19(9-7-16)26-11-2-3-12-26/h2-12,14-15H,13H2,1H3,(H,23,27). The molecule has 0 spiro atoms. The van der Waals surface area contributed by atoms with Gasteiger partial charge in [0.05, 0.1) is 11.9 Å². The highest BCUT2D eigenvalue weighted by molar-refractivity contribution is 5.94. The molecule has 1 aromatic carbocycles. The van der Waals surface area contributed by atoms with E-state index in [9.17, 15) is 4.79 Å². The normalized spacial score (nSPS) is 10.7. The van der Waals surface area contributed by atoms with Crippen LogP contribution in [0, 0.1) is 0 Å². The third-order valence-corrected chi connectivity index (χ3v) is 4.34. The van der Waals surface area contributed by atoms with Gasteiger partial charge < -0.3 is 9.88 Å². The second-order valence-corrected chi connectivity index (χ2v) is 6.23. The second kappa shape index (κ2) is 7.29. The molecule has 1 N–H and O–H groups in total. The molecule has 134 valence electrons. The highest BCUT2D eigenvalue weighted by Crippen LogP contribution is 2.20. The van der Waals surface area contributed by atoms with E-state index in [1.165, 1.54) is 0 Å². The average Bonchev–Trinajstić information content (AvgIpc) is 3.38. The molecule has 27 heavy (non-hydrogen) atoms. The van der Waals surface area contributed by atoms with Gasteiger partial charge in [0.1, 0.15) is 0 Å². The first-order valence-electron chi connectivity index (χ1n) is 8.65. The van der Waals surface area contributed by atoms with Crippen molar-refractivity contribution in [3.63, 3.8) is 0 Å². The van der Waals surface area contributed by atoms with Crippen LogP contribution < -0.4 is 5.32 Å². The SMILES string of the molecule is Cn1cc(-c2ncccc2CNC(=O)c2ccc(-n3cccc3)cc2)cn1. The third-order valence-electron chi connectivity index (χ3n) is 4.34. The summed E-state index contributed by atoms with van der Waals surface area (Å²) in [6.45, 7) is 0.399. The van der Waals surface area contributed by atoms with Crippen LogP contribution in [0.3, 0.4) is 0 Å². The lowest BCUT2D eigenvalue weighted by molar-refractivity contribution is 0.0951. The molecule has 3 heterocycles.